The van der Waals surface area contributed by atoms with Gasteiger partial charge in [0.25, 0.3) is 0 Å². The number of nitrogens with one attached hydrogen (secondary N) is 1. The highest BCUT2D eigenvalue weighted by molar-refractivity contribution is 5.73. The van der Waals surface area contributed by atoms with Crippen LogP contribution in [0.25, 0.3) is 0 Å². The normalized spacial score (nSPS) is 28.6. The van der Waals surface area contributed by atoms with Gasteiger partial charge in [0.05, 0.1) is 25.4 Å². The number of hydrogen-bond acceptors (Lipinski definition) is 5. The van der Waals surface area contributed by atoms with E-state index in [9.17, 15) is 15.0 Å². The van der Waals surface area contributed by atoms with Gasteiger partial charge >= 0.3 is 0 Å². The molecule has 1 aliphatic heterocycles. The highest BCUT2D eigenvalue weighted by Crippen LogP contribution is 2.37. The zero-order valence-electron chi connectivity index (χ0n) is 15.6. The number of rotatable bonds is 6. The lowest BCUT2D eigenvalue weighted by molar-refractivity contribution is -0.121. The van der Waals surface area contributed by atoms with Crippen LogP contribution in [-0.2, 0) is 17.9 Å². The number of nitrogens with zero attached hydrogens (tertiary/aromatic N) is 1. The van der Waals surface area contributed by atoms with Crippen molar-refractivity contribution in [1.82, 2.24) is 10.2 Å². The van der Waals surface area contributed by atoms with Crippen molar-refractivity contribution >= 4 is 5.91 Å². The summed E-state index contributed by atoms with van der Waals surface area (Å²) in [5.41, 5.74) is 1.98. The van der Waals surface area contributed by atoms with E-state index in [0.29, 0.717) is 18.4 Å². The molecule has 1 heterocycles. The summed E-state index contributed by atoms with van der Waals surface area (Å²) in [6.45, 7) is 6.77. The third-order valence-electron chi connectivity index (χ3n) is 5.61. The minimum atomic E-state index is -0.452. The van der Waals surface area contributed by atoms with Crippen LogP contribution in [0.4, 0.5) is 0 Å². The summed E-state index contributed by atoms with van der Waals surface area (Å²) in [5, 5.41) is 22.8. The highest BCUT2D eigenvalue weighted by atomic mass is 16.5. The Bertz CT molecular complexity index is 636. The molecule has 0 spiro atoms. The van der Waals surface area contributed by atoms with Gasteiger partial charge in [0.2, 0.25) is 5.91 Å². The molecule has 26 heavy (non-hydrogen) atoms. The standard InChI is InChI=1S/C20H30N2O4/c1-3-26-20-5-4-14(6-17(20)12-23)9-22-10-15-7-18(21-13(2)24)19(25)8-16(15)11-22/h4-6,15-16,18-19,23,25H,3,7-12H2,1-2H3,(H,21,24)/t15-,16+,18-,19-/m1/s1. The minimum Gasteiger partial charge on any atom is -0.494 e. The minimum absolute atomic E-state index is 0.0288. The van der Waals surface area contributed by atoms with Gasteiger partial charge in [0.1, 0.15) is 5.75 Å². The van der Waals surface area contributed by atoms with E-state index in [2.05, 4.69) is 16.3 Å². The van der Waals surface area contributed by atoms with Crippen LogP contribution in [0.3, 0.4) is 0 Å². The van der Waals surface area contributed by atoms with E-state index in [1.54, 1.807) is 0 Å². The van der Waals surface area contributed by atoms with Crippen molar-refractivity contribution in [3.05, 3.63) is 29.3 Å². The topological polar surface area (TPSA) is 82.0 Å². The molecule has 0 aromatic heterocycles. The van der Waals surface area contributed by atoms with Crippen LogP contribution in [-0.4, -0.2) is 52.9 Å². The van der Waals surface area contributed by atoms with E-state index in [4.69, 9.17) is 4.74 Å². The first kappa shape index (κ1) is 19.1. The average molecular weight is 362 g/mol. The number of benzene rings is 1. The second-order valence-corrected chi connectivity index (χ2v) is 7.59. The molecule has 4 atom stereocenters. The molecule has 6 nitrogen and oxygen atoms in total. The van der Waals surface area contributed by atoms with E-state index in [0.717, 1.165) is 49.4 Å². The zero-order valence-corrected chi connectivity index (χ0v) is 15.6. The molecule has 1 saturated carbocycles. The van der Waals surface area contributed by atoms with Gasteiger partial charge in [-0.3, -0.25) is 9.69 Å². The Balaban J connectivity index is 1.62. The van der Waals surface area contributed by atoms with E-state index >= 15 is 0 Å². The number of hydrogen-bond donors (Lipinski definition) is 3. The van der Waals surface area contributed by atoms with E-state index in [-0.39, 0.29) is 18.6 Å². The van der Waals surface area contributed by atoms with Crippen LogP contribution >= 0.6 is 0 Å². The quantitative estimate of drug-likeness (QED) is 0.710. The van der Waals surface area contributed by atoms with E-state index in [1.165, 1.54) is 6.92 Å². The van der Waals surface area contributed by atoms with E-state index < -0.39 is 6.10 Å². The molecule has 2 aliphatic rings. The third-order valence-corrected chi connectivity index (χ3v) is 5.61. The summed E-state index contributed by atoms with van der Waals surface area (Å²) in [6.07, 6.45) is 1.14. The molecule has 1 aliphatic carbocycles. The maximum absolute atomic E-state index is 11.3. The summed E-state index contributed by atoms with van der Waals surface area (Å²) >= 11 is 0. The van der Waals surface area contributed by atoms with Gasteiger partial charge in [-0.2, -0.15) is 0 Å². The molecule has 3 rings (SSSR count). The summed E-state index contributed by atoms with van der Waals surface area (Å²) in [6, 6.07) is 5.88. The number of carbonyl (C=O) groups is 1. The number of carbonyl (C=O) groups excluding carboxylic acids is 1. The lowest BCUT2D eigenvalue weighted by atomic mass is 9.77. The number of aliphatic hydroxyl groups is 2. The maximum atomic E-state index is 11.3. The Morgan fingerprint density at radius 2 is 2.04 bits per heavy atom. The van der Waals surface area contributed by atoms with Crippen LogP contribution in [0.5, 0.6) is 5.75 Å². The van der Waals surface area contributed by atoms with Gasteiger partial charge in [-0.25, -0.2) is 0 Å². The molecule has 1 aromatic rings. The first-order valence-corrected chi connectivity index (χ1v) is 9.53. The lowest BCUT2D eigenvalue weighted by Crippen LogP contribution is -2.48. The monoisotopic (exact) mass is 362 g/mol. The second kappa shape index (κ2) is 8.37. The Kier molecular flexibility index (Phi) is 6.16. The molecule has 0 radical (unpaired) electrons. The summed E-state index contributed by atoms with van der Waals surface area (Å²) < 4.78 is 5.55. The molecule has 3 N–H and O–H groups in total. The number of aliphatic hydroxyl groups excluding tert-OH is 2. The maximum Gasteiger partial charge on any atom is 0.217 e. The predicted molar refractivity (Wildman–Crippen MR) is 98.6 cm³/mol. The Morgan fingerprint density at radius 1 is 1.31 bits per heavy atom. The van der Waals surface area contributed by atoms with Gasteiger partial charge in [-0.1, -0.05) is 6.07 Å². The zero-order chi connectivity index (χ0) is 18.7. The van der Waals surface area contributed by atoms with Gasteiger partial charge in [-0.15, -0.1) is 0 Å². The van der Waals surface area contributed by atoms with Gasteiger partial charge in [0.15, 0.2) is 0 Å². The smallest absolute Gasteiger partial charge is 0.217 e. The fraction of sp³-hybridized carbons (Fsp3) is 0.650. The van der Waals surface area contributed by atoms with Crippen LogP contribution in [0, 0.1) is 11.8 Å². The van der Waals surface area contributed by atoms with Crippen LogP contribution in [0.1, 0.15) is 37.8 Å². The van der Waals surface area contributed by atoms with Crippen LogP contribution < -0.4 is 10.1 Å². The first-order valence-electron chi connectivity index (χ1n) is 9.53. The SMILES string of the molecule is CCOc1ccc(CN2C[C@H]3C[C@@H](NC(C)=O)[C@H](O)C[C@H]3C2)cc1CO. The third kappa shape index (κ3) is 4.37. The fourth-order valence-corrected chi connectivity index (χ4v) is 4.48. The van der Waals surface area contributed by atoms with E-state index in [1.807, 2.05) is 19.1 Å². The number of likely N-dealkylation sites (tertiary alicyclic amines) is 1. The molecule has 1 amide bonds. The van der Waals surface area contributed by atoms with Crippen molar-refractivity contribution in [3.8, 4) is 5.75 Å². The van der Waals surface area contributed by atoms with Crippen molar-refractivity contribution in [1.29, 1.82) is 0 Å². The average Bonchev–Trinajstić information content (AvgIpc) is 2.97. The van der Waals surface area contributed by atoms with Crippen molar-refractivity contribution in [2.24, 2.45) is 11.8 Å². The summed E-state index contributed by atoms with van der Waals surface area (Å²) in [4.78, 5) is 13.7. The van der Waals surface area contributed by atoms with Crippen molar-refractivity contribution in [2.45, 2.75) is 52.0 Å². The first-order chi connectivity index (χ1) is 12.5. The molecular formula is C20H30N2O4. The molecule has 144 valence electrons. The van der Waals surface area contributed by atoms with Crippen molar-refractivity contribution in [3.63, 3.8) is 0 Å². The number of amides is 1. The Hall–Kier alpha value is -1.63. The van der Waals surface area contributed by atoms with Gasteiger partial charge < -0.3 is 20.3 Å². The van der Waals surface area contributed by atoms with Crippen LogP contribution in [0.2, 0.25) is 0 Å². The molecule has 1 saturated heterocycles. The molecule has 1 aromatic carbocycles. The van der Waals surface area contributed by atoms with Gasteiger partial charge in [0, 0.05) is 32.1 Å². The fourth-order valence-electron chi connectivity index (χ4n) is 4.48. The number of fused-ring (bicyclic) bond motifs is 1. The second-order valence-electron chi connectivity index (χ2n) is 7.59. The molecule has 2 fully saturated rings. The molecule has 6 heteroatoms. The Morgan fingerprint density at radius 3 is 2.69 bits per heavy atom. The van der Waals surface area contributed by atoms with Gasteiger partial charge in [-0.05, 0) is 49.3 Å². The molecule has 0 bridgehead atoms. The van der Waals surface area contributed by atoms with Crippen molar-refractivity contribution < 1.29 is 19.7 Å². The Labute approximate surface area is 155 Å². The molecule has 0 unspecified atom stereocenters. The van der Waals surface area contributed by atoms with Crippen molar-refractivity contribution in [2.75, 3.05) is 19.7 Å². The highest BCUT2D eigenvalue weighted by Gasteiger charge is 2.41. The number of ether oxygens (including phenoxy) is 1. The summed E-state index contributed by atoms with van der Waals surface area (Å²) in [7, 11) is 0. The largest absolute Gasteiger partial charge is 0.494 e. The predicted octanol–water partition coefficient (Wildman–Crippen LogP) is 1.28. The lowest BCUT2D eigenvalue weighted by Gasteiger charge is -2.35. The summed E-state index contributed by atoms with van der Waals surface area (Å²) in [5.74, 6) is 1.66. The van der Waals surface area contributed by atoms with Crippen LogP contribution in [0.15, 0.2) is 18.2 Å². The molecular weight excluding hydrogens is 332 g/mol.